The van der Waals surface area contributed by atoms with Gasteiger partial charge in [-0.1, -0.05) is 6.92 Å². The van der Waals surface area contributed by atoms with E-state index >= 15 is 0 Å². The van der Waals surface area contributed by atoms with Crippen molar-refractivity contribution in [3.63, 3.8) is 0 Å². The molecule has 1 unspecified atom stereocenters. The van der Waals surface area contributed by atoms with Crippen LogP contribution in [0.1, 0.15) is 38.2 Å². The zero-order chi connectivity index (χ0) is 15.1. The van der Waals surface area contributed by atoms with Crippen LogP contribution in [0, 0.1) is 17.2 Å². The number of rotatable bonds is 6. The molecule has 0 radical (unpaired) electrons. The second-order valence-electron chi connectivity index (χ2n) is 5.94. The fourth-order valence-electron chi connectivity index (χ4n) is 2.60. The van der Waals surface area contributed by atoms with E-state index in [0.29, 0.717) is 24.8 Å². The Kier molecular flexibility index (Phi) is 6.04. The number of aliphatic hydroxyl groups is 1. The first-order valence-corrected chi connectivity index (χ1v) is 7.71. The van der Waals surface area contributed by atoms with Crippen molar-refractivity contribution in [2.24, 2.45) is 5.92 Å². The molecular weight excluding hydrogens is 264 g/mol. The molecule has 1 atom stereocenters. The first kappa shape index (κ1) is 15.8. The van der Waals surface area contributed by atoms with Crippen LogP contribution in [0.5, 0.6) is 0 Å². The lowest BCUT2D eigenvalue weighted by molar-refractivity contribution is -0.0245. The van der Waals surface area contributed by atoms with Crippen LogP contribution in [-0.4, -0.2) is 30.5 Å². The lowest BCUT2D eigenvalue weighted by Gasteiger charge is -2.27. The van der Waals surface area contributed by atoms with E-state index < -0.39 is 6.10 Å². The fourth-order valence-corrected chi connectivity index (χ4v) is 2.60. The molecule has 0 aliphatic heterocycles. The maximum Gasteiger partial charge on any atom is 0.0991 e. The summed E-state index contributed by atoms with van der Waals surface area (Å²) < 4.78 is 5.78. The van der Waals surface area contributed by atoms with Crippen molar-refractivity contribution in [2.75, 3.05) is 18.5 Å². The van der Waals surface area contributed by atoms with E-state index in [2.05, 4.69) is 18.3 Å². The fraction of sp³-hybridized carbons (Fsp3) is 0.588. The van der Waals surface area contributed by atoms with Gasteiger partial charge in [0.1, 0.15) is 0 Å². The van der Waals surface area contributed by atoms with Crippen molar-refractivity contribution in [2.45, 2.75) is 44.8 Å². The van der Waals surface area contributed by atoms with Crippen molar-refractivity contribution < 1.29 is 9.84 Å². The number of nitriles is 1. The molecule has 1 aliphatic carbocycles. The average Bonchev–Trinajstić information content (AvgIpc) is 2.53. The summed E-state index contributed by atoms with van der Waals surface area (Å²) >= 11 is 0. The molecule has 114 valence electrons. The van der Waals surface area contributed by atoms with Crippen LogP contribution >= 0.6 is 0 Å². The summed E-state index contributed by atoms with van der Waals surface area (Å²) in [7, 11) is 0. The molecule has 4 heteroatoms. The number of aliphatic hydroxyl groups excluding tert-OH is 1. The van der Waals surface area contributed by atoms with Crippen LogP contribution in [0.3, 0.4) is 0 Å². The molecule has 1 aromatic carbocycles. The molecule has 1 aromatic rings. The van der Waals surface area contributed by atoms with Crippen molar-refractivity contribution in [3.05, 3.63) is 29.8 Å². The molecule has 2 N–H and O–H groups in total. The quantitative estimate of drug-likeness (QED) is 0.844. The second-order valence-corrected chi connectivity index (χ2v) is 5.94. The molecule has 1 aliphatic rings. The van der Waals surface area contributed by atoms with Crippen LogP contribution in [-0.2, 0) is 4.74 Å². The number of nitrogens with one attached hydrogen (secondary N) is 1. The van der Waals surface area contributed by atoms with Gasteiger partial charge in [0.15, 0.2) is 0 Å². The van der Waals surface area contributed by atoms with Gasteiger partial charge in [0, 0.05) is 12.2 Å². The number of benzene rings is 1. The highest BCUT2D eigenvalue weighted by Crippen LogP contribution is 2.25. The number of hydrogen-bond donors (Lipinski definition) is 2. The van der Waals surface area contributed by atoms with Crippen LogP contribution in [0.4, 0.5) is 5.69 Å². The maximum absolute atomic E-state index is 9.95. The molecule has 21 heavy (non-hydrogen) atoms. The van der Waals surface area contributed by atoms with Gasteiger partial charge in [0.25, 0.3) is 0 Å². The third-order valence-corrected chi connectivity index (χ3v) is 4.04. The average molecular weight is 288 g/mol. The second kappa shape index (κ2) is 8.02. The topological polar surface area (TPSA) is 65.3 Å². The van der Waals surface area contributed by atoms with Crippen LogP contribution in [0.25, 0.3) is 0 Å². The van der Waals surface area contributed by atoms with Crippen LogP contribution < -0.4 is 5.32 Å². The third-order valence-electron chi connectivity index (χ3n) is 4.04. The highest BCUT2D eigenvalue weighted by Gasteiger charge is 2.19. The molecule has 0 spiro atoms. The van der Waals surface area contributed by atoms with Crippen molar-refractivity contribution >= 4 is 5.69 Å². The van der Waals surface area contributed by atoms with Gasteiger partial charge in [0.05, 0.1) is 30.4 Å². The Labute approximate surface area is 126 Å². The summed E-state index contributed by atoms with van der Waals surface area (Å²) in [6.45, 7) is 3.12. The van der Waals surface area contributed by atoms with E-state index in [0.717, 1.165) is 24.4 Å². The SMILES string of the molecule is CC1CCC(OCC(O)CNc2ccc(C#N)cc2)CC1. The predicted molar refractivity (Wildman–Crippen MR) is 83.0 cm³/mol. The van der Waals surface area contributed by atoms with Gasteiger partial charge in [-0.25, -0.2) is 0 Å². The molecule has 0 heterocycles. The summed E-state index contributed by atoms with van der Waals surface area (Å²) in [5.74, 6) is 0.813. The van der Waals surface area contributed by atoms with E-state index in [1.807, 2.05) is 12.1 Å². The Morgan fingerprint density at radius 3 is 2.57 bits per heavy atom. The first-order valence-electron chi connectivity index (χ1n) is 7.71. The van der Waals surface area contributed by atoms with Gasteiger partial charge in [-0.15, -0.1) is 0 Å². The standard InChI is InChI=1S/C17H24N2O2/c1-13-2-8-17(9-3-13)21-12-16(20)11-19-15-6-4-14(10-18)5-7-15/h4-7,13,16-17,19-20H,2-3,8-9,11-12H2,1H3. The third kappa shape index (κ3) is 5.37. The van der Waals surface area contributed by atoms with E-state index in [1.165, 1.54) is 12.8 Å². The minimum atomic E-state index is -0.514. The lowest BCUT2D eigenvalue weighted by atomic mass is 9.89. The summed E-state index contributed by atoms with van der Waals surface area (Å²) in [5, 5.41) is 21.8. The van der Waals surface area contributed by atoms with Crippen molar-refractivity contribution in [3.8, 4) is 6.07 Å². The molecule has 4 nitrogen and oxygen atoms in total. The Hall–Kier alpha value is -1.57. The number of ether oxygens (including phenoxy) is 1. The molecular formula is C17H24N2O2. The molecule has 0 bridgehead atoms. The summed E-state index contributed by atoms with van der Waals surface area (Å²) in [5.41, 5.74) is 1.54. The zero-order valence-corrected chi connectivity index (χ0v) is 12.6. The normalized spacial score (nSPS) is 23.3. The minimum Gasteiger partial charge on any atom is -0.389 e. The number of anilines is 1. The van der Waals surface area contributed by atoms with Crippen molar-refractivity contribution in [1.82, 2.24) is 0 Å². The predicted octanol–water partition coefficient (Wildman–Crippen LogP) is 2.93. The Morgan fingerprint density at radius 2 is 1.95 bits per heavy atom. The summed E-state index contributed by atoms with van der Waals surface area (Å²) in [4.78, 5) is 0. The lowest BCUT2D eigenvalue weighted by Crippen LogP contribution is -2.29. The summed E-state index contributed by atoms with van der Waals surface area (Å²) in [6.07, 6.45) is 4.47. The largest absolute Gasteiger partial charge is 0.389 e. The first-order chi connectivity index (χ1) is 10.2. The number of nitrogens with zero attached hydrogens (tertiary/aromatic N) is 1. The molecule has 1 fully saturated rings. The smallest absolute Gasteiger partial charge is 0.0991 e. The Morgan fingerprint density at radius 1 is 1.29 bits per heavy atom. The zero-order valence-electron chi connectivity index (χ0n) is 12.6. The van der Waals surface area contributed by atoms with Crippen LogP contribution in [0.15, 0.2) is 24.3 Å². The minimum absolute atomic E-state index is 0.311. The molecule has 0 saturated heterocycles. The van der Waals surface area contributed by atoms with Crippen molar-refractivity contribution in [1.29, 1.82) is 5.26 Å². The van der Waals surface area contributed by atoms with Gasteiger partial charge in [-0.3, -0.25) is 0 Å². The van der Waals surface area contributed by atoms with Crippen LogP contribution in [0.2, 0.25) is 0 Å². The molecule has 1 saturated carbocycles. The van der Waals surface area contributed by atoms with E-state index in [4.69, 9.17) is 10.00 Å². The van der Waals surface area contributed by atoms with Gasteiger partial charge < -0.3 is 15.2 Å². The number of hydrogen-bond acceptors (Lipinski definition) is 4. The maximum atomic E-state index is 9.95. The Balaban J connectivity index is 1.65. The summed E-state index contributed by atoms with van der Waals surface area (Å²) in [6, 6.07) is 9.28. The monoisotopic (exact) mass is 288 g/mol. The highest BCUT2D eigenvalue weighted by atomic mass is 16.5. The molecule has 2 rings (SSSR count). The van der Waals surface area contributed by atoms with E-state index in [9.17, 15) is 5.11 Å². The molecule has 0 amide bonds. The van der Waals surface area contributed by atoms with E-state index in [1.54, 1.807) is 12.1 Å². The molecule has 0 aromatic heterocycles. The van der Waals surface area contributed by atoms with Gasteiger partial charge in [0.2, 0.25) is 0 Å². The van der Waals surface area contributed by atoms with Gasteiger partial charge in [-0.2, -0.15) is 5.26 Å². The van der Waals surface area contributed by atoms with E-state index in [-0.39, 0.29) is 0 Å². The highest BCUT2D eigenvalue weighted by molar-refractivity contribution is 5.47. The van der Waals surface area contributed by atoms with Gasteiger partial charge >= 0.3 is 0 Å². The van der Waals surface area contributed by atoms with Gasteiger partial charge in [-0.05, 0) is 55.9 Å². The Bertz CT molecular complexity index is 459.